The zero-order valence-electron chi connectivity index (χ0n) is 10.4. The molecule has 3 N–H and O–H groups in total. The molecule has 0 bridgehead atoms. The minimum atomic E-state index is 0.139. The van der Waals surface area contributed by atoms with Crippen LogP contribution in [-0.2, 0) is 11.8 Å². The zero-order valence-corrected chi connectivity index (χ0v) is 12.0. The molecule has 0 aromatic carbocycles. The largest absolute Gasteiger partial charge is 0.271 e. The average Bonchev–Trinajstić information content (AvgIpc) is 2.65. The van der Waals surface area contributed by atoms with Crippen molar-refractivity contribution in [3.05, 3.63) is 16.1 Å². The second kappa shape index (κ2) is 6.00. The van der Waals surface area contributed by atoms with Crippen LogP contribution >= 0.6 is 23.1 Å². The summed E-state index contributed by atoms with van der Waals surface area (Å²) in [4.78, 5) is 4.67. The number of nitrogens with two attached hydrogens (primary N) is 1. The van der Waals surface area contributed by atoms with Crippen molar-refractivity contribution < 1.29 is 0 Å². The van der Waals surface area contributed by atoms with Crippen molar-refractivity contribution in [2.45, 2.75) is 38.6 Å². The molecular formula is C11H21N3S2. The molecule has 1 rings (SSSR count). The van der Waals surface area contributed by atoms with E-state index in [1.807, 2.05) is 0 Å². The van der Waals surface area contributed by atoms with Crippen LogP contribution in [-0.4, -0.2) is 23.0 Å². The third-order valence-electron chi connectivity index (χ3n) is 2.34. The standard InChI is InChI=1S/C11H21N3S2/c1-11(2,3)9-7-16-10(13-9)5-8(14-12)6-15-4/h7-8,14H,5-6,12H2,1-4H3. The van der Waals surface area contributed by atoms with E-state index in [1.165, 1.54) is 10.7 Å². The molecule has 0 saturated carbocycles. The predicted molar refractivity (Wildman–Crippen MR) is 74.0 cm³/mol. The fourth-order valence-electron chi connectivity index (χ4n) is 1.33. The van der Waals surface area contributed by atoms with E-state index in [-0.39, 0.29) is 5.41 Å². The lowest BCUT2D eigenvalue weighted by Gasteiger charge is -2.15. The van der Waals surface area contributed by atoms with Gasteiger partial charge in [0.1, 0.15) is 0 Å². The van der Waals surface area contributed by atoms with Crippen molar-refractivity contribution in [2.75, 3.05) is 12.0 Å². The van der Waals surface area contributed by atoms with Gasteiger partial charge in [0.25, 0.3) is 0 Å². The molecule has 92 valence electrons. The molecule has 0 fully saturated rings. The molecule has 0 amide bonds. The number of nitrogens with zero attached hydrogens (tertiary/aromatic N) is 1. The monoisotopic (exact) mass is 259 g/mol. The summed E-state index contributed by atoms with van der Waals surface area (Å²) in [5.74, 6) is 6.53. The Kier molecular flexibility index (Phi) is 5.24. The van der Waals surface area contributed by atoms with Gasteiger partial charge in [-0.25, -0.2) is 4.98 Å². The van der Waals surface area contributed by atoms with Gasteiger partial charge in [0.2, 0.25) is 0 Å². The fraction of sp³-hybridized carbons (Fsp3) is 0.727. The van der Waals surface area contributed by atoms with E-state index in [0.29, 0.717) is 6.04 Å². The van der Waals surface area contributed by atoms with E-state index >= 15 is 0 Å². The number of aromatic nitrogens is 1. The number of hydrogen-bond acceptors (Lipinski definition) is 5. The Bertz CT molecular complexity index is 317. The molecular weight excluding hydrogens is 238 g/mol. The van der Waals surface area contributed by atoms with Crippen molar-refractivity contribution in [1.29, 1.82) is 0 Å². The first kappa shape index (κ1) is 14.0. The Hall–Kier alpha value is -0.100. The summed E-state index contributed by atoms with van der Waals surface area (Å²) in [5.41, 5.74) is 4.16. The Balaban J connectivity index is 2.64. The van der Waals surface area contributed by atoms with Crippen LogP contribution in [0.5, 0.6) is 0 Å². The van der Waals surface area contributed by atoms with Crippen LogP contribution in [0.15, 0.2) is 5.38 Å². The van der Waals surface area contributed by atoms with Crippen molar-refractivity contribution in [3.8, 4) is 0 Å². The first-order valence-corrected chi connectivity index (χ1v) is 7.64. The van der Waals surface area contributed by atoms with Gasteiger partial charge in [-0.05, 0) is 6.26 Å². The van der Waals surface area contributed by atoms with Gasteiger partial charge in [-0.15, -0.1) is 11.3 Å². The molecule has 1 heterocycles. The first-order valence-electron chi connectivity index (χ1n) is 5.37. The van der Waals surface area contributed by atoms with Crippen molar-refractivity contribution >= 4 is 23.1 Å². The van der Waals surface area contributed by atoms with Crippen molar-refractivity contribution in [1.82, 2.24) is 10.4 Å². The average molecular weight is 259 g/mol. The molecule has 1 aromatic heterocycles. The molecule has 0 saturated heterocycles. The molecule has 16 heavy (non-hydrogen) atoms. The highest BCUT2D eigenvalue weighted by molar-refractivity contribution is 7.98. The minimum Gasteiger partial charge on any atom is -0.271 e. The van der Waals surface area contributed by atoms with Gasteiger partial charge in [-0.1, -0.05) is 20.8 Å². The van der Waals surface area contributed by atoms with Crippen LogP contribution in [0.4, 0.5) is 0 Å². The van der Waals surface area contributed by atoms with E-state index in [9.17, 15) is 0 Å². The van der Waals surface area contributed by atoms with Crippen LogP contribution in [0.25, 0.3) is 0 Å². The van der Waals surface area contributed by atoms with Crippen LogP contribution in [0.3, 0.4) is 0 Å². The lowest BCUT2D eigenvalue weighted by Crippen LogP contribution is -2.38. The van der Waals surface area contributed by atoms with Crippen LogP contribution in [0.1, 0.15) is 31.5 Å². The molecule has 0 aliphatic carbocycles. The molecule has 0 spiro atoms. The molecule has 3 nitrogen and oxygen atoms in total. The van der Waals surface area contributed by atoms with E-state index < -0.39 is 0 Å². The minimum absolute atomic E-state index is 0.139. The molecule has 0 radical (unpaired) electrons. The molecule has 1 aromatic rings. The maximum Gasteiger partial charge on any atom is 0.0944 e. The number of rotatable bonds is 5. The summed E-state index contributed by atoms with van der Waals surface area (Å²) in [6.07, 6.45) is 3.00. The number of thioether (sulfide) groups is 1. The fourth-order valence-corrected chi connectivity index (χ4v) is 3.05. The smallest absolute Gasteiger partial charge is 0.0944 e. The summed E-state index contributed by atoms with van der Waals surface area (Å²) in [6, 6.07) is 0.314. The Labute approximate surface area is 106 Å². The number of hydrazine groups is 1. The predicted octanol–water partition coefficient (Wildman–Crippen LogP) is 2.18. The third-order valence-corrected chi connectivity index (χ3v) is 3.95. The Morgan fingerprint density at radius 2 is 2.25 bits per heavy atom. The topological polar surface area (TPSA) is 50.9 Å². The van der Waals surface area contributed by atoms with E-state index in [4.69, 9.17) is 5.84 Å². The van der Waals surface area contributed by atoms with Gasteiger partial charge < -0.3 is 0 Å². The highest BCUT2D eigenvalue weighted by atomic mass is 32.2. The second-order valence-corrected chi connectivity index (χ2v) is 6.75. The SMILES string of the molecule is CSCC(Cc1nc(C(C)(C)C)cs1)NN. The lowest BCUT2D eigenvalue weighted by atomic mass is 9.93. The van der Waals surface area contributed by atoms with Gasteiger partial charge in [-0.2, -0.15) is 11.8 Å². The molecule has 0 aliphatic heterocycles. The Morgan fingerprint density at radius 1 is 1.56 bits per heavy atom. The number of nitrogens with one attached hydrogen (secondary N) is 1. The number of thiazole rings is 1. The Morgan fingerprint density at radius 3 is 2.69 bits per heavy atom. The molecule has 5 heteroatoms. The number of hydrogen-bond donors (Lipinski definition) is 2. The first-order chi connectivity index (χ1) is 7.47. The lowest BCUT2D eigenvalue weighted by molar-refractivity contribution is 0.555. The third kappa shape index (κ3) is 4.05. The van der Waals surface area contributed by atoms with Crippen molar-refractivity contribution in [3.63, 3.8) is 0 Å². The molecule has 1 atom stereocenters. The van der Waals surface area contributed by atoms with E-state index in [0.717, 1.165) is 12.2 Å². The molecule has 0 aliphatic rings. The second-order valence-electron chi connectivity index (χ2n) is 4.90. The van der Waals surface area contributed by atoms with Crippen LogP contribution in [0, 0.1) is 0 Å². The summed E-state index contributed by atoms with van der Waals surface area (Å²) in [5, 5.41) is 3.32. The summed E-state index contributed by atoms with van der Waals surface area (Å²) >= 11 is 3.53. The quantitative estimate of drug-likeness (QED) is 0.628. The zero-order chi connectivity index (χ0) is 12.2. The highest BCUT2D eigenvalue weighted by Gasteiger charge is 2.18. The normalized spacial score (nSPS) is 14.1. The highest BCUT2D eigenvalue weighted by Crippen LogP contribution is 2.24. The van der Waals surface area contributed by atoms with Gasteiger partial charge >= 0.3 is 0 Å². The summed E-state index contributed by atoms with van der Waals surface area (Å²) in [7, 11) is 0. The maximum absolute atomic E-state index is 5.51. The van der Waals surface area contributed by atoms with Gasteiger partial charge in [0.15, 0.2) is 0 Å². The van der Waals surface area contributed by atoms with Crippen molar-refractivity contribution in [2.24, 2.45) is 5.84 Å². The van der Waals surface area contributed by atoms with Crippen LogP contribution in [0.2, 0.25) is 0 Å². The molecule has 1 unspecified atom stereocenters. The van der Waals surface area contributed by atoms with E-state index in [1.54, 1.807) is 23.1 Å². The maximum atomic E-state index is 5.51. The van der Waals surface area contributed by atoms with Gasteiger partial charge in [0.05, 0.1) is 10.7 Å². The van der Waals surface area contributed by atoms with Gasteiger partial charge in [0, 0.05) is 29.0 Å². The van der Waals surface area contributed by atoms with E-state index in [2.05, 4.69) is 42.8 Å². The summed E-state index contributed by atoms with van der Waals surface area (Å²) in [6.45, 7) is 6.56. The van der Waals surface area contributed by atoms with Crippen LogP contribution < -0.4 is 11.3 Å². The van der Waals surface area contributed by atoms with Gasteiger partial charge in [-0.3, -0.25) is 11.3 Å². The summed E-state index contributed by atoms with van der Waals surface area (Å²) < 4.78 is 0.